The van der Waals surface area contributed by atoms with E-state index < -0.39 is 0 Å². The zero-order valence-corrected chi connectivity index (χ0v) is 12.5. The Morgan fingerprint density at radius 1 is 1.35 bits per heavy atom. The molecule has 1 unspecified atom stereocenters. The molecule has 1 atom stereocenters. The van der Waals surface area contributed by atoms with Gasteiger partial charge in [-0.25, -0.2) is 0 Å². The molecule has 92 valence electrons. The summed E-state index contributed by atoms with van der Waals surface area (Å²) in [5, 5.41) is 3.13. The number of carbonyl (C=O) groups excluding carboxylic acids is 1. The van der Waals surface area contributed by atoms with Crippen LogP contribution in [0.4, 0.5) is 0 Å². The highest BCUT2D eigenvalue weighted by Gasteiger charge is 2.31. The molecule has 1 saturated carbocycles. The number of benzene rings is 1. The Balaban J connectivity index is 1.96. The fraction of sp³-hybridized carbons (Fsp3) is 0.500. The zero-order chi connectivity index (χ0) is 12.5. The van der Waals surface area contributed by atoms with E-state index in [1.54, 1.807) is 0 Å². The SMILES string of the molecule is CC1(C)CCC(NC(=O)c2ccc(I)cc2)C1. The van der Waals surface area contributed by atoms with Crippen LogP contribution in [0.5, 0.6) is 0 Å². The molecule has 1 aliphatic carbocycles. The summed E-state index contributed by atoms with van der Waals surface area (Å²) in [4.78, 5) is 12.0. The van der Waals surface area contributed by atoms with E-state index in [0.717, 1.165) is 22.0 Å². The Morgan fingerprint density at radius 2 is 2.00 bits per heavy atom. The standard InChI is InChI=1S/C14H18INO/c1-14(2)8-7-12(9-14)16-13(17)10-3-5-11(15)6-4-10/h3-6,12H,7-9H2,1-2H3,(H,16,17). The van der Waals surface area contributed by atoms with Gasteiger partial charge in [0.2, 0.25) is 0 Å². The number of hydrogen-bond donors (Lipinski definition) is 1. The summed E-state index contributed by atoms with van der Waals surface area (Å²) in [5.74, 6) is 0.0594. The van der Waals surface area contributed by atoms with Crippen molar-refractivity contribution in [2.75, 3.05) is 0 Å². The van der Waals surface area contributed by atoms with E-state index in [2.05, 4.69) is 41.8 Å². The summed E-state index contributed by atoms with van der Waals surface area (Å²) < 4.78 is 1.15. The second kappa shape index (κ2) is 4.96. The Labute approximate surface area is 116 Å². The molecule has 1 amide bonds. The van der Waals surface area contributed by atoms with Crippen LogP contribution in [0, 0.1) is 8.99 Å². The third-order valence-electron chi connectivity index (χ3n) is 3.41. The van der Waals surface area contributed by atoms with Crippen LogP contribution in [0.25, 0.3) is 0 Å². The van der Waals surface area contributed by atoms with Gasteiger partial charge in [-0.05, 0) is 71.5 Å². The summed E-state index contributed by atoms with van der Waals surface area (Å²) in [7, 11) is 0. The zero-order valence-electron chi connectivity index (χ0n) is 10.3. The van der Waals surface area contributed by atoms with Crippen molar-refractivity contribution in [3.63, 3.8) is 0 Å². The van der Waals surface area contributed by atoms with E-state index in [-0.39, 0.29) is 5.91 Å². The third-order valence-corrected chi connectivity index (χ3v) is 4.13. The summed E-state index contributed by atoms with van der Waals surface area (Å²) in [6.45, 7) is 4.54. The lowest BCUT2D eigenvalue weighted by Crippen LogP contribution is -2.33. The van der Waals surface area contributed by atoms with Gasteiger partial charge in [0, 0.05) is 15.2 Å². The highest BCUT2D eigenvalue weighted by molar-refractivity contribution is 14.1. The molecule has 1 aliphatic rings. The van der Waals surface area contributed by atoms with Gasteiger partial charge in [-0.3, -0.25) is 4.79 Å². The van der Waals surface area contributed by atoms with E-state index in [0.29, 0.717) is 11.5 Å². The van der Waals surface area contributed by atoms with Gasteiger partial charge in [0.25, 0.3) is 5.91 Å². The molecule has 1 N–H and O–H groups in total. The lowest BCUT2D eigenvalue weighted by atomic mass is 9.92. The van der Waals surface area contributed by atoms with Crippen LogP contribution in [-0.4, -0.2) is 11.9 Å². The Kier molecular flexibility index (Phi) is 3.76. The van der Waals surface area contributed by atoms with Crippen LogP contribution in [-0.2, 0) is 0 Å². The molecule has 0 heterocycles. The average Bonchev–Trinajstić information content (AvgIpc) is 2.59. The van der Waals surface area contributed by atoms with Gasteiger partial charge in [0.1, 0.15) is 0 Å². The molecule has 2 nitrogen and oxygen atoms in total. The van der Waals surface area contributed by atoms with Crippen molar-refractivity contribution in [2.24, 2.45) is 5.41 Å². The topological polar surface area (TPSA) is 29.1 Å². The minimum atomic E-state index is 0.0594. The largest absolute Gasteiger partial charge is 0.349 e. The summed E-state index contributed by atoms with van der Waals surface area (Å²) in [5.41, 5.74) is 1.14. The van der Waals surface area contributed by atoms with E-state index in [1.807, 2.05) is 24.3 Å². The molecular weight excluding hydrogens is 325 g/mol. The first-order valence-corrected chi connectivity index (χ1v) is 7.11. The molecule has 1 fully saturated rings. The van der Waals surface area contributed by atoms with Gasteiger partial charge in [0.15, 0.2) is 0 Å². The molecule has 0 aliphatic heterocycles. The predicted molar refractivity (Wildman–Crippen MR) is 78.0 cm³/mol. The van der Waals surface area contributed by atoms with Gasteiger partial charge in [0.05, 0.1) is 0 Å². The molecular formula is C14H18INO. The van der Waals surface area contributed by atoms with Crippen molar-refractivity contribution in [1.29, 1.82) is 0 Å². The maximum absolute atomic E-state index is 12.0. The van der Waals surface area contributed by atoms with E-state index in [9.17, 15) is 4.79 Å². The van der Waals surface area contributed by atoms with Crippen molar-refractivity contribution < 1.29 is 4.79 Å². The van der Waals surface area contributed by atoms with Gasteiger partial charge in [-0.15, -0.1) is 0 Å². The van der Waals surface area contributed by atoms with Crippen molar-refractivity contribution in [2.45, 2.75) is 39.2 Å². The first-order valence-electron chi connectivity index (χ1n) is 6.03. The van der Waals surface area contributed by atoms with Crippen LogP contribution >= 0.6 is 22.6 Å². The Bertz CT molecular complexity index is 411. The van der Waals surface area contributed by atoms with Gasteiger partial charge >= 0.3 is 0 Å². The molecule has 0 spiro atoms. The van der Waals surface area contributed by atoms with Crippen molar-refractivity contribution in [3.05, 3.63) is 33.4 Å². The molecule has 17 heavy (non-hydrogen) atoms. The van der Waals surface area contributed by atoms with Crippen LogP contribution in [0.3, 0.4) is 0 Å². The van der Waals surface area contributed by atoms with Crippen LogP contribution in [0.15, 0.2) is 24.3 Å². The maximum atomic E-state index is 12.0. The number of carbonyl (C=O) groups is 1. The molecule has 3 heteroatoms. The first-order chi connectivity index (χ1) is 7.96. The number of rotatable bonds is 2. The van der Waals surface area contributed by atoms with Crippen LogP contribution in [0.1, 0.15) is 43.5 Å². The summed E-state index contributed by atoms with van der Waals surface area (Å²) >= 11 is 2.24. The second-order valence-corrected chi connectivity index (χ2v) is 6.83. The molecule has 0 saturated heterocycles. The van der Waals surface area contributed by atoms with Crippen molar-refractivity contribution in [3.8, 4) is 0 Å². The number of hydrogen-bond acceptors (Lipinski definition) is 1. The van der Waals surface area contributed by atoms with Crippen LogP contribution < -0.4 is 5.32 Å². The maximum Gasteiger partial charge on any atom is 0.251 e. The molecule has 2 rings (SSSR count). The Hall–Kier alpha value is -0.580. The van der Waals surface area contributed by atoms with E-state index in [4.69, 9.17) is 0 Å². The van der Waals surface area contributed by atoms with Crippen molar-refractivity contribution >= 4 is 28.5 Å². The second-order valence-electron chi connectivity index (χ2n) is 5.58. The summed E-state index contributed by atoms with van der Waals surface area (Å²) in [6, 6.07) is 8.05. The highest BCUT2D eigenvalue weighted by Crippen LogP contribution is 2.36. The normalized spacial score (nSPS) is 22.4. The lowest BCUT2D eigenvalue weighted by molar-refractivity contribution is 0.0936. The van der Waals surface area contributed by atoms with Gasteiger partial charge in [-0.1, -0.05) is 13.8 Å². The molecule has 0 aromatic heterocycles. The average molecular weight is 343 g/mol. The monoisotopic (exact) mass is 343 g/mol. The number of halogens is 1. The number of nitrogens with one attached hydrogen (secondary N) is 1. The smallest absolute Gasteiger partial charge is 0.251 e. The van der Waals surface area contributed by atoms with Gasteiger partial charge < -0.3 is 5.32 Å². The molecule has 1 aromatic rings. The van der Waals surface area contributed by atoms with E-state index in [1.165, 1.54) is 6.42 Å². The predicted octanol–water partition coefficient (Wildman–Crippen LogP) is 3.60. The fourth-order valence-electron chi connectivity index (χ4n) is 2.43. The van der Waals surface area contributed by atoms with E-state index >= 15 is 0 Å². The summed E-state index contributed by atoms with van der Waals surface area (Å²) in [6.07, 6.45) is 3.39. The fourth-order valence-corrected chi connectivity index (χ4v) is 2.79. The minimum absolute atomic E-state index is 0.0594. The van der Waals surface area contributed by atoms with Crippen LogP contribution in [0.2, 0.25) is 0 Å². The third kappa shape index (κ3) is 3.44. The molecule has 1 aromatic carbocycles. The number of amides is 1. The van der Waals surface area contributed by atoms with Gasteiger partial charge in [-0.2, -0.15) is 0 Å². The quantitative estimate of drug-likeness (QED) is 0.817. The highest BCUT2D eigenvalue weighted by atomic mass is 127. The minimum Gasteiger partial charge on any atom is -0.349 e. The molecule has 0 radical (unpaired) electrons. The first kappa shape index (κ1) is 12.9. The molecule has 0 bridgehead atoms. The lowest BCUT2D eigenvalue weighted by Gasteiger charge is -2.17. The Morgan fingerprint density at radius 3 is 2.53 bits per heavy atom. The van der Waals surface area contributed by atoms with Crippen molar-refractivity contribution in [1.82, 2.24) is 5.32 Å².